The van der Waals surface area contributed by atoms with Gasteiger partial charge in [0, 0.05) is 5.56 Å². The first-order valence-electron chi connectivity index (χ1n) is 9.07. The third kappa shape index (κ3) is 4.00. The van der Waals surface area contributed by atoms with Crippen molar-refractivity contribution in [1.82, 2.24) is 0 Å². The van der Waals surface area contributed by atoms with E-state index in [1.54, 1.807) is 13.2 Å². The second-order valence-electron chi connectivity index (χ2n) is 6.43. The van der Waals surface area contributed by atoms with E-state index in [1.165, 1.54) is 5.56 Å². The monoisotopic (exact) mass is 349 g/mol. The summed E-state index contributed by atoms with van der Waals surface area (Å²) in [6.45, 7) is 2.48. The van der Waals surface area contributed by atoms with Crippen LogP contribution in [0.2, 0.25) is 0 Å². The predicted molar refractivity (Wildman–Crippen MR) is 106 cm³/mol. The molecular formula is C23H25O3+. The Labute approximate surface area is 155 Å². The molecule has 2 aliphatic carbocycles. The number of benzene rings is 1. The number of carbonyl (C=O) groups is 1. The minimum Gasteiger partial charge on any atom is -0.496 e. The summed E-state index contributed by atoms with van der Waals surface area (Å²) < 4.78 is 11.2. The molecule has 3 rings (SSSR count). The van der Waals surface area contributed by atoms with E-state index in [0.717, 1.165) is 29.7 Å². The number of carbonyl (C=O) groups excluding carboxylic acids is 1. The maximum atomic E-state index is 12.7. The standard InChI is InChI=1S/C23H25O3/c1-3-16-26-23-11-7-6-10-20(23)21(24)14-12-17-13-15-22(25-2)19-9-5-4-8-18(17)19/h3-4,6-8,10-15,20,23H,5,9,16H2,1-2H3/q+1/b14-12+. The van der Waals surface area contributed by atoms with Gasteiger partial charge in [0.15, 0.2) is 12.4 Å². The lowest BCUT2D eigenvalue weighted by atomic mass is 9.90. The van der Waals surface area contributed by atoms with Crippen molar-refractivity contribution in [2.45, 2.75) is 25.9 Å². The Hall–Kier alpha value is -2.52. The zero-order chi connectivity index (χ0) is 18.4. The van der Waals surface area contributed by atoms with E-state index < -0.39 is 0 Å². The maximum absolute atomic E-state index is 12.7. The molecule has 0 saturated heterocycles. The van der Waals surface area contributed by atoms with Gasteiger partial charge in [-0.05, 0) is 36.1 Å². The van der Waals surface area contributed by atoms with Crippen LogP contribution in [-0.2, 0) is 16.0 Å². The van der Waals surface area contributed by atoms with Crippen molar-refractivity contribution in [2.75, 3.05) is 13.7 Å². The Kier molecular flexibility index (Phi) is 6.13. The van der Waals surface area contributed by atoms with Crippen molar-refractivity contribution in [1.29, 1.82) is 0 Å². The van der Waals surface area contributed by atoms with Crippen molar-refractivity contribution in [3.05, 3.63) is 71.7 Å². The minimum absolute atomic E-state index is 0.0519. The Morgan fingerprint density at radius 1 is 1.31 bits per heavy atom. The van der Waals surface area contributed by atoms with Crippen LogP contribution >= 0.6 is 0 Å². The molecule has 1 aromatic rings. The summed E-state index contributed by atoms with van der Waals surface area (Å²) in [5, 5.41) is 0. The van der Waals surface area contributed by atoms with Crippen molar-refractivity contribution < 1.29 is 14.3 Å². The molecule has 26 heavy (non-hydrogen) atoms. The van der Waals surface area contributed by atoms with Crippen molar-refractivity contribution in [3.63, 3.8) is 0 Å². The Bertz CT molecular complexity index is 768. The summed E-state index contributed by atoms with van der Waals surface area (Å²) in [5.41, 5.74) is 3.40. The highest BCUT2D eigenvalue weighted by atomic mass is 16.5. The van der Waals surface area contributed by atoms with Gasteiger partial charge in [-0.3, -0.25) is 4.79 Å². The molecule has 0 aliphatic heterocycles. The van der Waals surface area contributed by atoms with E-state index in [2.05, 4.69) is 12.2 Å². The summed E-state index contributed by atoms with van der Waals surface area (Å²) >= 11 is 0. The van der Waals surface area contributed by atoms with Gasteiger partial charge in [-0.25, -0.2) is 0 Å². The first-order valence-corrected chi connectivity index (χ1v) is 9.07. The molecule has 134 valence electrons. The number of hydrogen-bond acceptors (Lipinski definition) is 3. The lowest BCUT2D eigenvalue weighted by Gasteiger charge is -2.21. The first kappa shape index (κ1) is 18.3. The molecule has 0 radical (unpaired) electrons. The van der Waals surface area contributed by atoms with E-state index in [-0.39, 0.29) is 17.8 Å². The second kappa shape index (κ2) is 8.72. The SMILES string of the molecule is C[CH+]COC1C=CC=CC1C(=O)/C=C/c1ccc(OC)c2c1C=CCC2. The minimum atomic E-state index is -0.277. The number of rotatable bonds is 7. The van der Waals surface area contributed by atoms with Gasteiger partial charge in [0.1, 0.15) is 12.2 Å². The smallest absolute Gasteiger partial charge is 0.187 e. The Balaban J connectivity index is 1.79. The van der Waals surface area contributed by atoms with Crippen LogP contribution in [0, 0.1) is 12.3 Å². The Morgan fingerprint density at radius 2 is 2.15 bits per heavy atom. The third-order valence-electron chi connectivity index (χ3n) is 4.71. The van der Waals surface area contributed by atoms with E-state index in [4.69, 9.17) is 9.47 Å². The van der Waals surface area contributed by atoms with Gasteiger partial charge in [0.2, 0.25) is 0 Å². The molecule has 0 aromatic heterocycles. The molecule has 0 heterocycles. The lowest BCUT2D eigenvalue weighted by Crippen LogP contribution is -2.28. The summed E-state index contributed by atoms with van der Waals surface area (Å²) in [4.78, 5) is 12.7. The average Bonchev–Trinajstić information content (AvgIpc) is 2.70. The van der Waals surface area contributed by atoms with Gasteiger partial charge in [-0.2, -0.15) is 0 Å². The average molecular weight is 349 g/mol. The molecule has 0 fully saturated rings. The van der Waals surface area contributed by atoms with Gasteiger partial charge in [-0.15, -0.1) is 0 Å². The van der Waals surface area contributed by atoms with Crippen LogP contribution in [0.25, 0.3) is 12.2 Å². The number of fused-ring (bicyclic) bond motifs is 1. The zero-order valence-electron chi connectivity index (χ0n) is 15.4. The molecule has 2 atom stereocenters. The number of ether oxygens (including phenoxy) is 2. The van der Waals surface area contributed by atoms with E-state index in [9.17, 15) is 4.79 Å². The number of ketones is 1. The van der Waals surface area contributed by atoms with Gasteiger partial charge >= 0.3 is 0 Å². The number of methoxy groups -OCH3 is 1. The highest BCUT2D eigenvalue weighted by molar-refractivity contribution is 5.97. The fourth-order valence-corrected chi connectivity index (χ4v) is 3.38. The highest BCUT2D eigenvalue weighted by Gasteiger charge is 2.25. The molecule has 3 nitrogen and oxygen atoms in total. The molecule has 0 N–H and O–H groups in total. The van der Waals surface area contributed by atoms with Crippen molar-refractivity contribution in [2.24, 2.45) is 5.92 Å². The van der Waals surface area contributed by atoms with Crippen LogP contribution in [0.15, 0.2) is 48.6 Å². The Morgan fingerprint density at radius 3 is 2.96 bits per heavy atom. The quantitative estimate of drug-likeness (QED) is 0.533. The van der Waals surface area contributed by atoms with E-state index in [1.807, 2.05) is 55.9 Å². The van der Waals surface area contributed by atoms with E-state index in [0.29, 0.717) is 6.61 Å². The second-order valence-corrected chi connectivity index (χ2v) is 6.43. The zero-order valence-corrected chi connectivity index (χ0v) is 15.4. The molecule has 0 amide bonds. The summed E-state index contributed by atoms with van der Waals surface area (Å²) in [6.07, 6.45) is 19.3. The maximum Gasteiger partial charge on any atom is 0.187 e. The molecule has 0 saturated carbocycles. The van der Waals surface area contributed by atoms with Crippen molar-refractivity contribution in [3.8, 4) is 5.75 Å². The first-order chi connectivity index (χ1) is 12.7. The third-order valence-corrected chi connectivity index (χ3v) is 4.71. The fraction of sp³-hybridized carbons (Fsp3) is 0.304. The summed E-state index contributed by atoms with van der Waals surface area (Å²) in [7, 11) is 1.70. The fourth-order valence-electron chi connectivity index (χ4n) is 3.38. The van der Waals surface area contributed by atoms with E-state index >= 15 is 0 Å². The molecule has 3 heteroatoms. The van der Waals surface area contributed by atoms with Gasteiger partial charge in [-0.1, -0.05) is 48.6 Å². The van der Waals surface area contributed by atoms with Gasteiger partial charge in [0.05, 0.1) is 26.1 Å². The highest BCUT2D eigenvalue weighted by Crippen LogP contribution is 2.32. The molecule has 2 aliphatic rings. The summed E-state index contributed by atoms with van der Waals surface area (Å²) in [5.74, 6) is 0.689. The molecule has 1 aromatic carbocycles. The molecule has 0 spiro atoms. The molecular weight excluding hydrogens is 324 g/mol. The number of hydrogen-bond donors (Lipinski definition) is 0. The van der Waals surface area contributed by atoms with Crippen LogP contribution in [0.3, 0.4) is 0 Å². The van der Waals surface area contributed by atoms with Crippen LogP contribution < -0.4 is 4.74 Å². The van der Waals surface area contributed by atoms with Crippen LogP contribution in [0.4, 0.5) is 0 Å². The molecule has 0 bridgehead atoms. The summed E-state index contributed by atoms with van der Waals surface area (Å²) in [6, 6.07) is 3.99. The van der Waals surface area contributed by atoms with Gasteiger partial charge < -0.3 is 9.47 Å². The largest absolute Gasteiger partial charge is 0.496 e. The predicted octanol–water partition coefficient (Wildman–Crippen LogP) is 4.59. The van der Waals surface area contributed by atoms with Crippen molar-refractivity contribution >= 4 is 17.9 Å². The van der Waals surface area contributed by atoms with Gasteiger partial charge in [0.25, 0.3) is 0 Å². The number of allylic oxidation sites excluding steroid dienone is 4. The topological polar surface area (TPSA) is 35.5 Å². The van der Waals surface area contributed by atoms with Crippen LogP contribution in [0.1, 0.15) is 30.0 Å². The normalized spacial score (nSPS) is 21.0. The molecule has 2 unspecified atom stereocenters. The van der Waals surface area contributed by atoms with Crippen LogP contribution in [-0.4, -0.2) is 25.6 Å². The van der Waals surface area contributed by atoms with Crippen LogP contribution in [0.5, 0.6) is 5.75 Å². The lowest BCUT2D eigenvalue weighted by molar-refractivity contribution is -0.119.